The Morgan fingerprint density at radius 2 is 1.88 bits per heavy atom. The molecule has 3 rings (SSSR count). The molecule has 3 aromatic rings. The SMILES string of the molecule is COc1ccc2[nH]c(=S)n(CCc3ccc(S(N)(=O)=O)cc3)c(=O)c2c1. The molecule has 26 heavy (non-hydrogen) atoms. The molecule has 0 aliphatic carbocycles. The number of nitrogens with one attached hydrogen (secondary N) is 1. The van der Waals surface area contributed by atoms with Crippen molar-refractivity contribution in [3.05, 3.63) is 63.2 Å². The lowest BCUT2D eigenvalue weighted by molar-refractivity contribution is 0.415. The second kappa shape index (κ2) is 7.02. The van der Waals surface area contributed by atoms with Crippen molar-refractivity contribution in [2.75, 3.05) is 7.11 Å². The number of sulfonamides is 1. The lowest BCUT2D eigenvalue weighted by Crippen LogP contribution is -2.23. The molecule has 9 heteroatoms. The summed E-state index contributed by atoms with van der Waals surface area (Å²) in [5.74, 6) is 0.588. The topological polar surface area (TPSA) is 107 Å². The third-order valence-corrected chi connectivity index (χ3v) is 5.32. The highest BCUT2D eigenvalue weighted by Crippen LogP contribution is 2.16. The van der Waals surface area contributed by atoms with Crippen LogP contribution in [0.5, 0.6) is 5.75 Å². The smallest absolute Gasteiger partial charge is 0.262 e. The highest BCUT2D eigenvalue weighted by Gasteiger charge is 2.09. The number of nitrogens with two attached hydrogens (primary N) is 1. The van der Waals surface area contributed by atoms with Gasteiger partial charge in [-0.2, -0.15) is 0 Å². The quantitative estimate of drug-likeness (QED) is 0.647. The van der Waals surface area contributed by atoms with E-state index in [1.165, 1.54) is 23.8 Å². The van der Waals surface area contributed by atoms with Gasteiger partial charge in [-0.25, -0.2) is 13.6 Å². The summed E-state index contributed by atoms with van der Waals surface area (Å²) in [4.78, 5) is 15.8. The Hall–Kier alpha value is -2.49. The average Bonchev–Trinajstić information content (AvgIpc) is 2.61. The molecule has 7 nitrogen and oxygen atoms in total. The first-order chi connectivity index (χ1) is 12.3. The summed E-state index contributed by atoms with van der Waals surface area (Å²) in [6, 6.07) is 11.4. The van der Waals surface area contributed by atoms with Crippen LogP contribution < -0.4 is 15.4 Å². The predicted molar refractivity (Wildman–Crippen MR) is 101 cm³/mol. The number of hydrogen-bond acceptors (Lipinski definition) is 5. The zero-order chi connectivity index (χ0) is 18.9. The number of ether oxygens (including phenoxy) is 1. The lowest BCUT2D eigenvalue weighted by atomic mass is 10.1. The van der Waals surface area contributed by atoms with E-state index in [2.05, 4.69) is 4.98 Å². The second-order valence-electron chi connectivity index (χ2n) is 5.74. The molecule has 0 unspecified atom stereocenters. The Morgan fingerprint density at radius 1 is 1.19 bits per heavy atom. The summed E-state index contributed by atoms with van der Waals surface area (Å²) in [6.45, 7) is 0.357. The molecule has 0 amide bonds. The molecule has 0 fully saturated rings. The van der Waals surface area contributed by atoms with E-state index in [4.69, 9.17) is 22.1 Å². The van der Waals surface area contributed by atoms with Gasteiger partial charge in [0.25, 0.3) is 5.56 Å². The van der Waals surface area contributed by atoms with Gasteiger partial charge in [-0.1, -0.05) is 12.1 Å². The molecule has 1 aromatic heterocycles. The molecule has 3 N–H and O–H groups in total. The maximum absolute atomic E-state index is 12.7. The van der Waals surface area contributed by atoms with E-state index >= 15 is 0 Å². The van der Waals surface area contributed by atoms with Crippen LogP contribution in [0.15, 0.2) is 52.2 Å². The average molecular weight is 391 g/mol. The molecule has 0 radical (unpaired) electrons. The highest BCUT2D eigenvalue weighted by atomic mass is 32.2. The summed E-state index contributed by atoms with van der Waals surface area (Å²) in [5, 5.41) is 5.58. The first-order valence-electron chi connectivity index (χ1n) is 7.72. The molecular formula is C17H17N3O4S2. The van der Waals surface area contributed by atoms with Gasteiger partial charge in [0, 0.05) is 6.54 Å². The standard InChI is InChI=1S/C17H17N3O4S2/c1-24-12-4-7-15-14(10-12)16(21)20(17(25)19-15)9-8-11-2-5-13(6-3-11)26(18,22)23/h2-7,10H,8-9H2,1H3,(H,19,25)(H2,18,22,23). The van der Waals surface area contributed by atoms with Gasteiger partial charge in [0.15, 0.2) is 4.77 Å². The first-order valence-corrected chi connectivity index (χ1v) is 9.67. The molecule has 0 aliphatic rings. The van der Waals surface area contributed by atoms with E-state index in [0.717, 1.165) is 5.56 Å². The van der Waals surface area contributed by atoms with Crippen LogP contribution in [0.2, 0.25) is 0 Å². The molecule has 0 spiro atoms. The van der Waals surface area contributed by atoms with E-state index in [0.29, 0.717) is 34.4 Å². The van der Waals surface area contributed by atoms with Crippen LogP contribution in [-0.4, -0.2) is 25.1 Å². The van der Waals surface area contributed by atoms with Crippen molar-refractivity contribution in [1.82, 2.24) is 9.55 Å². The number of H-pyrrole nitrogens is 1. The number of aromatic nitrogens is 2. The highest BCUT2D eigenvalue weighted by molar-refractivity contribution is 7.89. The maximum atomic E-state index is 12.7. The van der Waals surface area contributed by atoms with Gasteiger partial charge in [-0.05, 0) is 54.5 Å². The van der Waals surface area contributed by atoms with E-state index in [1.54, 1.807) is 30.3 Å². The van der Waals surface area contributed by atoms with Crippen LogP contribution in [0.1, 0.15) is 5.56 Å². The van der Waals surface area contributed by atoms with Crippen LogP contribution in [0.25, 0.3) is 10.9 Å². The predicted octanol–water partition coefficient (Wildman–Crippen LogP) is 1.96. The zero-order valence-corrected chi connectivity index (χ0v) is 15.6. The van der Waals surface area contributed by atoms with E-state index in [-0.39, 0.29) is 10.5 Å². The number of aromatic amines is 1. The third kappa shape index (κ3) is 3.69. The fourth-order valence-corrected chi connectivity index (χ4v) is 3.45. The third-order valence-electron chi connectivity index (χ3n) is 4.07. The number of methoxy groups -OCH3 is 1. The van der Waals surface area contributed by atoms with Gasteiger partial charge in [-0.15, -0.1) is 0 Å². The monoisotopic (exact) mass is 391 g/mol. The molecule has 0 saturated carbocycles. The minimum atomic E-state index is -3.72. The van der Waals surface area contributed by atoms with E-state index in [9.17, 15) is 13.2 Å². The van der Waals surface area contributed by atoms with Gasteiger partial charge in [0.05, 0.1) is 22.9 Å². The Morgan fingerprint density at radius 3 is 2.50 bits per heavy atom. The van der Waals surface area contributed by atoms with Crippen molar-refractivity contribution >= 4 is 33.1 Å². The summed E-state index contributed by atoms with van der Waals surface area (Å²) < 4.78 is 29.6. The minimum absolute atomic E-state index is 0.0495. The summed E-state index contributed by atoms with van der Waals surface area (Å²) in [5.41, 5.74) is 1.31. The molecule has 0 aliphatic heterocycles. The van der Waals surface area contributed by atoms with Crippen molar-refractivity contribution in [3.63, 3.8) is 0 Å². The molecule has 0 bridgehead atoms. The lowest BCUT2D eigenvalue weighted by Gasteiger charge is -2.09. The normalized spacial score (nSPS) is 11.6. The van der Waals surface area contributed by atoms with Crippen molar-refractivity contribution in [3.8, 4) is 5.75 Å². The van der Waals surface area contributed by atoms with Crippen molar-refractivity contribution < 1.29 is 13.2 Å². The Bertz CT molecular complexity index is 1180. The number of nitrogens with zero attached hydrogens (tertiary/aromatic N) is 1. The fourth-order valence-electron chi connectivity index (χ4n) is 2.65. The van der Waals surface area contributed by atoms with Gasteiger partial charge in [-0.3, -0.25) is 9.36 Å². The number of hydrogen-bond donors (Lipinski definition) is 2. The van der Waals surface area contributed by atoms with Crippen LogP contribution >= 0.6 is 12.2 Å². The molecular weight excluding hydrogens is 374 g/mol. The number of fused-ring (bicyclic) bond motifs is 1. The number of primary sulfonamides is 1. The number of rotatable bonds is 5. The van der Waals surface area contributed by atoms with Gasteiger partial charge in [0.1, 0.15) is 5.75 Å². The summed E-state index contributed by atoms with van der Waals surface area (Å²) in [7, 11) is -2.18. The Balaban J connectivity index is 1.91. The first kappa shape index (κ1) is 18.3. The van der Waals surface area contributed by atoms with Crippen molar-refractivity contribution in [2.24, 2.45) is 5.14 Å². The Labute approximate surface area is 155 Å². The van der Waals surface area contributed by atoms with E-state index < -0.39 is 10.0 Å². The maximum Gasteiger partial charge on any atom is 0.262 e. The summed E-state index contributed by atoms with van der Waals surface area (Å²) >= 11 is 5.29. The second-order valence-corrected chi connectivity index (χ2v) is 7.69. The van der Waals surface area contributed by atoms with E-state index in [1.807, 2.05) is 0 Å². The molecule has 1 heterocycles. The van der Waals surface area contributed by atoms with Gasteiger partial charge < -0.3 is 9.72 Å². The van der Waals surface area contributed by atoms with Crippen LogP contribution in [0, 0.1) is 4.77 Å². The molecule has 0 saturated heterocycles. The van der Waals surface area contributed by atoms with Gasteiger partial charge >= 0.3 is 0 Å². The Kier molecular flexibility index (Phi) is 4.94. The van der Waals surface area contributed by atoms with Crippen LogP contribution in [-0.2, 0) is 23.0 Å². The minimum Gasteiger partial charge on any atom is -0.497 e. The van der Waals surface area contributed by atoms with Gasteiger partial charge in [0.2, 0.25) is 10.0 Å². The zero-order valence-electron chi connectivity index (χ0n) is 13.9. The molecule has 0 atom stereocenters. The summed E-state index contributed by atoms with van der Waals surface area (Å²) in [6.07, 6.45) is 0.512. The van der Waals surface area contributed by atoms with Crippen molar-refractivity contribution in [1.29, 1.82) is 0 Å². The number of aryl methyl sites for hydroxylation is 1. The van der Waals surface area contributed by atoms with Crippen LogP contribution in [0.4, 0.5) is 0 Å². The van der Waals surface area contributed by atoms with Crippen molar-refractivity contribution in [2.45, 2.75) is 17.9 Å². The number of benzene rings is 2. The van der Waals surface area contributed by atoms with Crippen LogP contribution in [0.3, 0.4) is 0 Å². The molecule has 136 valence electrons. The largest absolute Gasteiger partial charge is 0.497 e. The fraction of sp³-hybridized carbons (Fsp3) is 0.176. The molecule has 2 aromatic carbocycles.